The van der Waals surface area contributed by atoms with Crippen LogP contribution >= 0.6 is 15.9 Å². The topological polar surface area (TPSA) is 15.3 Å². The highest BCUT2D eigenvalue weighted by Crippen LogP contribution is 2.20. The molecule has 2 nitrogen and oxygen atoms in total. The van der Waals surface area contributed by atoms with Crippen LogP contribution in [0, 0.1) is 5.92 Å². The maximum Gasteiger partial charge on any atom is 0.0247 e. The number of hydrogen-bond donors (Lipinski definition) is 1. The molecule has 0 bridgehead atoms. The van der Waals surface area contributed by atoms with Crippen molar-refractivity contribution in [1.82, 2.24) is 10.2 Å². The number of nitrogens with one attached hydrogen (secondary N) is 1. The van der Waals surface area contributed by atoms with Crippen LogP contribution < -0.4 is 5.32 Å². The molecule has 1 aromatic carbocycles. The maximum absolute atomic E-state index is 3.73. The van der Waals surface area contributed by atoms with E-state index < -0.39 is 0 Å². The average molecular weight is 339 g/mol. The molecule has 0 spiro atoms. The first-order valence-corrected chi connectivity index (χ1v) is 8.61. The lowest BCUT2D eigenvalue weighted by Crippen LogP contribution is -2.57. The van der Waals surface area contributed by atoms with E-state index in [1.807, 2.05) is 0 Å². The van der Waals surface area contributed by atoms with Gasteiger partial charge in [0.25, 0.3) is 0 Å². The van der Waals surface area contributed by atoms with Crippen LogP contribution in [0.15, 0.2) is 28.7 Å². The van der Waals surface area contributed by atoms with Gasteiger partial charge in [0.15, 0.2) is 0 Å². The van der Waals surface area contributed by atoms with Gasteiger partial charge in [-0.2, -0.15) is 0 Å². The molecule has 0 aromatic heterocycles. The molecule has 112 valence electrons. The standard InChI is InChI=1S/C17H27BrN2/c1-4-5-16-12-20(17(10-19-16)13(2)3)11-14-6-8-15(18)9-7-14/h6-9,13,16-17,19H,4-5,10-12H2,1-3H3. The molecule has 0 amide bonds. The molecule has 0 aliphatic carbocycles. The zero-order valence-electron chi connectivity index (χ0n) is 12.9. The summed E-state index contributed by atoms with van der Waals surface area (Å²) in [6, 6.07) is 10.1. The molecule has 1 heterocycles. The van der Waals surface area contributed by atoms with Crippen molar-refractivity contribution in [2.45, 2.75) is 52.2 Å². The molecule has 2 atom stereocenters. The van der Waals surface area contributed by atoms with Gasteiger partial charge in [-0.3, -0.25) is 4.90 Å². The summed E-state index contributed by atoms with van der Waals surface area (Å²) in [5.74, 6) is 0.695. The van der Waals surface area contributed by atoms with Gasteiger partial charge in [0.2, 0.25) is 0 Å². The fraction of sp³-hybridized carbons (Fsp3) is 0.647. The van der Waals surface area contributed by atoms with Crippen LogP contribution in [-0.4, -0.2) is 30.1 Å². The SMILES string of the molecule is CCCC1CN(Cc2ccc(Br)cc2)C(C(C)C)CN1. The minimum atomic E-state index is 0.645. The predicted octanol–water partition coefficient (Wildman–Crippen LogP) is 4.05. The molecule has 0 saturated carbocycles. The van der Waals surface area contributed by atoms with Gasteiger partial charge in [-0.25, -0.2) is 0 Å². The van der Waals surface area contributed by atoms with Crippen molar-refractivity contribution < 1.29 is 0 Å². The minimum Gasteiger partial charge on any atom is -0.311 e. The summed E-state index contributed by atoms with van der Waals surface area (Å²) in [7, 11) is 0. The molecular weight excluding hydrogens is 312 g/mol. The highest BCUT2D eigenvalue weighted by molar-refractivity contribution is 9.10. The van der Waals surface area contributed by atoms with Crippen LogP contribution in [0.5, 0.6) is 0 Å². The molecule has 1 aliphatic heterocycles. The smallest absolute Gasteiger partial charge is 0.0247 e. The van der Waals surface area contributed by atoms with E-state index in [1.165, 1.54) is 24.9 Å². The van der Waals surface area contributed by atoms with E-state index in [1.54, 1.807) is 0 Å². The molecule has 1 aliphatic rings. The van der Waals surface area contributed by atoms with Gasteiger partial charge in [0.1, 0.15) is 0 Å². The lowest BCUT2D eigenvalue weighted by atomic mass is 9.96. The van der Waals surface area contributed by atoms with Crippen molar-refractivity contribution in [3.63, 3.8) is 0 Å². The Morgan fingerprint density at radius 2 is 2.00 bits per heavy atom. The van der Waals surface area contributed by atoms with Crippen molar-refractivity contribution in [1.29, 1.82) is 0 Å². The lowest BCUT2D eigenvalue weighted by Gasteiger charge is -2.42. The summed E-state index contributed by atoms with van der Waals surface area (Å²) in [5, 5.41) is 3.73. The predicted molar refractivity (Wildman–Crippen MR) is 89.9 cm³/mol. The van der Waals surface area contributed by atoms with Crippen molar-refractivity contribution in [3.8, 4) is 0 Å². The lowest BCUT2D eigenvalue weighted by molar-refractivity contribution is 0.0885. The van der Waals surface area contributed by atoms with E-state index in [4.69, 9.17) is 0 Å². The number of hydrogen-bond acceptors (Lipinski definition) is 2. The zero-order valence-corrected chi connectivity index (χ0v) is 14.5. The first-order chi connectivity index (χ1) is 9.60. The van der Waals surface area contributed by atoms with Crippen LogP contribution in [0.4, 0.5) is 0 Å². The van der Waals surface area contributed by atoms with Gasteiger partial charge >= 0.3 is 0 Å². The van der Waals surface area contributed by atoms with E-state index in [0.717, 1.165) is 17.6 Å². The van der Waals surface area contributed by atoms with Gasteiger partial charge in [-0.1, -0.05) is 55.3 Å². The third-order valence-electron chi connectivity index (χ3n) is 4.25. The fourth-order valence-electron chi connectivity index (χ4n) is 3.10. The Balaban J connectivity index is 2.04. The molecule has 1 N–H and O–H groups in total. The molecule has 3 heteroatoms. The normalized spacial score (nSPS) is 24.2. The number of piperazine rings is 1. The van der Waals surface area contributed by atoms with Crippen molar-refractivity contribution in [2.24, 2.45) is 5.92 Å². The summed E-state index contributed by atoms with van der Waals surface area (Å²) in [6.07, 6.45) is 2.54. The Bertz CT molecular complexity index is 402. The Morgan fingerprint density at radius 3 is 2.60 bits per heavy atom. The van der Waals surface area contributed by atoms with E-state index in [-0.39, 0.29) is 0 Å². The zero-order chi connectivity index (χ0) is 14.5. The van der Waals surface area contributed by atoms with Gasteiger partial charge in [-0.15, -0.1) is 0 Å². The molecule has 2 unspecified atom stereocenters. The van der Waals surface area contributed by atoms with Crippen molar-refractivity contribution in [2.75, 3.05) is 13.1 Å². The highest BCUT2D eigenvalue weighted by Gasteiger charge is 2.29. The van der Waals surface area contributed by atoms with Gasteiger partial charge in [-0.05, 0) is 30.0 Å². The van der Waals surface area contributed by atoms with Crippen LogP contribution in [0.25, 0.3) is 0 Å². The molecular formula is C17H27BrN2. The van der Waals surface area contributed by atoms with Crippen molar-refractivity contribution in [3.05, 3.63) is 34.3 Å². The number of nitrogens with zero attached hydrogens (tertiary/aromatic N) is 1. The highest BCUT2D eigenvalue weighted by atomic mass is 79.9. The van der Waals surface area contributed by atoms with E-state index in [0.29, 0.717) is 18.0 Å². The van der Waals surface area contributed by atoms with Crippen LogP contribution in [-0.2, 0) is 6.54 Å². The summed E-state index contributed by atoms with van der Waals surface area (Å²) in [6.45, 7) is 10.3. The van der Waals surface area contributed by atoms with Crippen LogP contribution in [0.3, 0.4) is 0 Å². The minimum absolute atomic E-state index is 0.645. The van der Waals surface area contributed by atoms with Gasteiger partial charge in [0.05, 0.1) is 0 Å². The van der Waals surface area contributed by atoms with Gasteiger partial charge in [0, 0.05) is 36.2 Å². The quantitative estimate of drug-likeness (QED) is 0.871. The van der Waals surface area contributed by atoms with Gasteiger partial charge < -0.3 is 5.32 Å². The summed E-state index contributed by atoms with van der Waals surface area (Å²) in [5.41, 5.74) is 1.41. The Hall–Kier alpha value is -0.380. The fourth-order valence-corrected chi connectivity index (χ4v) is 3.37. The molecule has 1 saturated heterocycles. The Kier molecular flexibility index (Phi) is 6.06. The second kappa shape index (κ2) is 7.58. The number of benzene rings is 1. The number of halogens is 1. The molecule has 0 radical (unpaired) electrons. The molecule has 1 aromatic rings. The van der Waals surface area contributed by atoms with Crippen LogP contribution in [0.1, 0.15) is 39.2 Å². The molecule has 20 heavy (non-hydrogen) atoms. The van der Waals surface area contributed by atoms with E-state index >= 15 is 0 Å². The monoisotopic (exact) mass is 338 g/mol. The first-order valence-electron chi connectivity index (χ1n) is 7.82. The second-order valence-corrected chi connectivity index (χ2v) is 7.18. The summed E-state index contributed by atoms with van der Waals surface area (Å²) < 4.78 is 1.16. The Labute approximate surface area is 132 Å². The third-order valence-corrected chi connectivity index (χ3v) is 4.77. The van der Waals surface area contributed by atoms with Crippen molar-refractivity contribution >= 4 is 15.9 Å². The average Bonchev–Trinajstić information content (AvgIpc) is 2.42. The van der Waals surface area contributed by atoms with E-state index in [2.05, 4.69) is 71.2 Å². The summed E-state index contributed by atoms with van der Waals surface area (Å²) in [4.78, 5) is 2.67. The maximum atomic E-state index is 3.73. The van der Waals surface area contributed by atoms with E-state index in [9.17, 15) is 0 Å². The second-order valence-electron chi connectivity index (χ2n) is 6.26. The number of rotatable bonds is 5. The Morgan fingerprint density at radius 1 is 1.30 bits per heavy atom. The van der Waals surface area contributed by atoms with Crippen LogP contribution in [0.2, 0.25) is 0 Å². The third kappa shape index (κ3) is 4.31. The molecule has 1 fully saturated rings. The molecule has 2 rings (SSSR count). The largest absolute Gasteiger partial charge is 0.311 e. The summed E-state index contributed by atoms with van der Waals surface area (Å²) >= 11 is 3.51. The first kappa shape index (κ1) is 16.0.